The van der Waals surface area contributed by atoms with Crippen molar-refractivity contribution in [2.75, 3.05) is 11.0 Å². The van der Waals surface area contributed by atoms with Gasteiger partial charge in [-0.1, -0.05) is 18.6 Å². The van der Waals surface area contributed by atoms with Crippen molar-refractivity contribution in [3.05, 3.63) is 29.8 Å². The summed E-state index contributed by atoms with van der Waals surface area (Å²) < 4.78 is 25.2. The van der Waals surface area contributed by atoms with Crippen LogP contribution >= 0.6 is 0 Å². The smallest absolute Gasteiger partial charge is 0.253 e. The van der Waals surface area contributed by atoms with Gasteiger partial charge in [-0.2, -0.15) is 0 Å². The van der Waals surface area contributed by atoms with E-state index in [9.17, 15) is 13.2 Å². The summed E-state index contributed by atoms with van der Waals surface area (Å²) in [4.78, 5) is 12.4. The van der Waals surface area contributed by atoms with Crippen molar-refractivity contribution in [3.8, 4) is 0 Å². The Morgan fingerprint density at radius 2 is 1.95 bits per heavy atom. The highest BCUT2D eigenvalue weighted by Crippen LogP contribution is 2.44. The maximum atomic E-state index is 12.4. The number of rotatable bonds is 4. The Hall–Kier alpha value is -1.56. The van der Waals surface area contributed by atoms with Crippen LogP contribution in [0.5, 0.6) is 0 Å². The van der Waals surface area contributed by atoms with Gasteiger partial charge in [0.2, 0.25) is 10.0 Å². The van der Waals surface area contributed by atoms with Gasteiger partial charge in [0, 0.05) is 6.04 Å². The Morgan fingerprint density at radius 1 is 1.19 bits per heavy atom. The molecule has 6 heteroatoms. The van der Waals surface area contributed by atoms with E-state index in [1.54, 1.807) is 24.3 Å². The van der Waals surface area contributed by atoms with Crippen LogP contribution in [-0.2, 0) is 10.0 Å². The molecular formula is C15H20N2O3S. The molecule has 2 fully saturated rings. The Kier molecular flexibility index (Phi) is 3.65. The predicted molar refractivity (Wildman–Crippen MR) is 81.6 cm³/mol. The van der Waals surface area contributed by atoms with E-state index in [0.29, 0.717) is 17.2 Å². The third-order valence-electron chi connectivity index (χ3n) is 4.52. The standard InChI is InChI=1S/C15H20N2O3S/c1-21(19,20)17-13-5-3-2-4-12(13)15(18)16-14-9-10-6-7-11(14)8-10/h2-5,10-11,14,17H,6-9H2,1H3,(H,16,18)/t10-,11+,14+/m0/s1. The molecule has 0 aliphatic heterocycles. The van der Waals surface area contributed by atoms with Crippen molar-refractivity contribution >= 4 is 21.6 Å². The molecule has 1 aromatic carbocycles. The lowest BCUT2D eigenvalue weighted by Crippen LogP contribution is -2.38. The van der Waals surface area contributed by atoms with Crippen LogP contribution in [0.4, 0.5) is 5.69 Å². The number of anilines is 1. The number of hydrogen-bond acceptors (Lipinski definition) is 3. The first kappa shape index (κ1) is 14.4. The van der Waals surface area contributed by atoms with Crippen LogP contribution in [0.1, 0.15) is 36.0 Å². The molecule has 0 radical (unpaired) electrons. The molecule has 0 spiro atoms. The molecule has 5 nitrogen and oxygen atoms in total. The Labute approximate surface area is 125 Å². The fourth-order valence-corrected chi connectivity index (χ4v) is 4.21. The van der Waals surface area contributed by atoms with Gasteiger partial charge in [-0.3, -0.25) is 9.52 Å². The summed E-state index contributed by atoms with van der Waals surface area (Å²) in [6.07, 6.45) is 5.83. The van der Waals surface area contributed by atoms with E-state index in [1.807, 2.05) is 0 Å². The second-order valence-corrected chi connectivity index (χ2v) is 7.92. The molecule has 3 rings (SSSR count). The number of amides is 1. The van der Waals surface area contributed by atoms with Crippen LogP contribution in [0.2, 0.25) is 0 Å². The first-order valence-electron chi connectivity index (χ1n) is 7.30. The molecule has 0 saturated heterocycles. The number of sulfonamides is 1. The van der Waals surface area contributed by atoms with Crippen LogP contribution in [0.15, 0.2) is 24.3 Å². The lowest BCUT2D eigenvalue weighted by atomic mass is 9.95. The fraction of sp³-hybridized carbons (Fsp3) is 0.533. The van der Waals surface area contributed by atoms with Crippen molar-refractivity contribution in [3.63, 3.8) is 0 Å². The topological polar surface area (TPSA) is 75.3 Å². The molecule has 2 saturated carbocycles. The Bertz CT molecular complexity index is 657. The highest BCUT2D eigenvalue weighted by atomic mass is 32.2. The SMILES string of the molecule is CS(=O)(=O)Nc1ccccc1C(=O)N[C@@H]1C[C@H]2CC[C@@H]1C2. The van der Waals surface area contributed by atoms with Gasteiger partial charge in [-0.25, -0.2) is 8.42 Å². The van der Waals surface area contributed by atoms with Gasteiger partial charge in [0.15, 0.2) is 0 Å². The van der Waals surface area contributed by atoms with Gasteiger partial charge < -0.3 is 5.32 Å². The molecule has 1 amide bonds. The summed E-state index contributed by atoms with van der Waals surface area (Å²) >= 11 is 0. The van der Waals surface area contributed by atoms with Crippen LogP contribution in [0.25, 0.3) is 0 Å². The van der Waals surface area contributed by atoms with Gasteiger partial charge in [0.05, 0.1) is 17.5 Å². The molecule has 2 aliphatic carbocycles. The van der Waals surface area contributed by atoms with Gasteiger partial charge in [0.25, 0.3) is 5.91 Å². The van der Waals surface area contributed by atoms with E-state index in [1.165, 1.54) is 19.3 Å². The Morgan fingerprint density at radius 3 is 2.57 bits per heavy atom. The zero-order valence-corrected chi connectivity index (χ0v) is 12.8. The fourth-order valence-electron chi connectivity index (χ4n) is 3.64. The van der Waals surface area contributed by atoms with Crippen molar-refractivity contribution < 1.29 is 13.2 Å². The summed E-state index contributed by atoms with van der Waals surface area (Å²) in [7, 11) is -3.40. The number of hydrogen-bond donors (Lipinski definition) is 2. The first-order valence-corrected chi connectivity index (χ1v) is 9.19. The van der Waals surface area contributed by atoms with Crippen LogP contribution in [0, 0.1) is 11.8 Å². The van der Waals surface area contributed by atoms with Crippen LogP contribution in [-0.4, -0.2) is 26.6 Å². The van der Waals surface area contributed by atoms with Gasteiger partial charge >= 0.3 is 0 Å². The minimum Gasteiger partial charge on any atom is -0.349 e. The van der Waals surface area contributed by atoms with Gasteiger partial charge in [0.1, 0.15) is 0 Å². The quantitative estimate of drug-likeness (QED) is 0.893. The second-order valence-electron chi connectivity index (χ2n) is 6.17. The number of carbonyl (C=O) groups is 1. The number of nitrogens with one attached hydrogen (secondary N) is 2. The number of benzene rings is 1. The molecule has 0 unspecified atom stereocenters. The maximum Gasteiger partial charge on any atom is 0.253 e. The van der Waals surface area contributed by atoms with Gasteiger partial charge in [-0.05, 0) is 43.2 Å². The van der Waals surface area contributed by atoms with Crippen molar-refractivity contribution in [2.45, 2.75) is 31.7 Å². The van der Waals surface area contributed by atoms with Crippen LogP contribution in [0.3, 0.4) is 0 Å². The predicted octanol–water partition coefficient (Wildman–Crippen LogP) is 1.98. The first-order chi connectivity index (χ1) is 9.92. The summed E-state index contributed by atoms with van der Waals surface area (Å²) in [5.41, 5.74) is 0.714. The largest absolute Gasteiger partial charge is 0.349 e. The molecule has 2 bridgehead atoms. The molecule has 21 heavy (non-hydrogen) atoms. The van der Waals surface area contributed by atoms with E-state index in [2.05, 4.69) is 10.0 Å². The third kappa shape index (κ3) is 3.20. The van der Waals surface area contributed by atoms with Crippen LogP contribution < -0.4 is 10.0 Å². The maximum absolute atomic E-state index is 12.4. The van der Waals surface area contributed by atoms with E-state index in [-0.39, 0.29) is 11.9 Å². The highest BCUT2D eigenvalue weighted by molar-refractivity contribution is 7.92. The molecule has 0 heterocycles. The zero-order chi connectivity index (χ0) is 15.0. The molecular weight excluding hydrogens is 288 g/mol. The molecule has 114 valence electrons. The lowest BCUT2D eigenvalue weighted by Gasteiger charge is -2.23. The monoisotopic (exact) mass is 308 g/mol. The molecule has 3 atom stereocenters. The van der Waals surface area contributed by atoms with Gasteiger partial charge in [-0.15, -0.1) is 0 Å². The van der Waals surface area contributed by atoms with E-state index >= 15 is 0 Å². The normalized spacial score (nSPS) is 27.6. The average molecular weight is 308 g/mol. The van der Waals surface area contributed by atoms with E-state index < -0.39 is 10.0 Å². The third-order valence-corrected chi connectivity index (χ3v) is 5.11. The van der Waals surface area contributed by atoms with Crippen molar-refractivity contribution in [1.29, 1.82) is 0 Å². The minimum atomic E-state index is -3.40. The summed E-state index contributed by atoms with van der Waals surface area (Å²) in [6.45, 7) is 0. The second kappa shape index (κ2) is 5.33. The summed E-state index contributed by atoms with van der Waals surface area (Å²) in [6, 6.07) is 6.94. The van der Waals surface area contributed by atoms with Crippen molar-refractivity contribution in [1.82, 2.24) is 5.32 Å². The highest BCUT2D eigenvalue weighted by Gasteiger charge is 2.40. The van der Waals surface area contributed by atoms with Crippen molar-refractivity contribution in [2.24, 2.45) is 11.8 Å². The number of fused-ring (bicyclic) bond motifs is 2. The number of carbonyl (C=O) groups excluding carboxylic acids is 1. The summed E-state index contributed by atoms with van der Waals surface area (Å²) in [5, 5.41) is 3.08. The van der Waals surface area contributed by atoms with E-state index in [0.717, 1.165) is 18.6 Å². The number of para-hydroxylation sites is 1. The average Bonchev–Trinajstić information content (AvgIpc) is 2.99. The molecule has 1 aromatic rings. The summed E-state index contributed by atoms with van der Waals surface area (Å²) in [5.74, 6) is 1.15. The van der Waals surface area contributed by atoms with E-state index in [4.69, 9.17) is 0 Å². The molecule has 0 aromatic heterocycles. The molecule has 2 N–H and O–H groups in total. The lowest BCUT2D eigenvalue weighted by molar-refractivity contribution is 0.0924. The molecule has 2 aliphatic rings. The zero-order valence-electron chi connectivity index (χ0n) is 12.0. The minimum absolute atomic E-state index is 0.195. The Balaban J connectivity index is 1.75.